The Morgan fingerprint density at radius 2 is 1.02 bits per heavy atom. The van der Waals surface area contributed by atoms with Gasteiger partial charge in [0.1, 0.15) is 5.84 Å². The second kappa shape index (κ2) is 16.1. The maximum absolute atomic E-state index is 6.84. The highest BCUT2D eigenvalue weighted by Gasteiger charge is 2.47. The van der Waals surface area contributed by atoms with E-state index in [2.05, 4.69) is 212 Å². The number of rotatable bonds is 9. The van der Waals surface area contributed by atoms with Gasteiger partial charge in [0.2, 0.25) is 0 Å². The number of nitrogens with zero attached hydrogens (tertiary/aromatic N) is 1. The zero-order chi connectivity index (χ0) is 42.2. The maximum Gasteiger partial charge on any atom is 0.131 e. The van der Waals surface area contributed by atoms with Gasteiger partial charge in [0.25, 0.3) is 0 Å². The minimum atomic E-state index is -0.534. The molecule has 0 amide bonds. The van der Waals surface area contributed by atoms with Gasteiger partial charge in [-0.15, -0.1) is 0 Å². The fourth-order valence-corrected chi connectivity index (χ4v) is 9.92. The van der Waals surface area contributed by atoms with Crippen LogP contribution >= 0.6 is 0 Å². The Hall–Kier alpha value is -8.07. The second-order valence-corrected chi connectivity index (χ2v) is 16.4. The molecule has 0 aromatic heterocycles. The monoisotopic (exact) mass is 804 g/mol. The predicted octanol–water partition coefficient (Wildman–Crippen LogP) is 14.7. The van der Waals surface area contributed by atoms with Crippen LogP contribution in [-0.2, 0) is 11.8 Å². The average molecular weight is 805 g/mol. The van der Waals surface area contributed by atoms with Gasteiger partial charge in [-0.05, 0) is 95.2 Å². The van der Waals surface area contributed by atoms with Crippen LogP contribution in [0.15, 0.2) is 248 Å². The minimum absolute atomic E-state index is 0.482. The molecule has 0 atom stereocenters. The molecule has 0 fully saturated rings. The number of benzene rings is 10. The highest BCUT2D eigenvalue weighted by atomic mass is 14.9. The number of fused-ring (bicyclic) bond motifs is 5. The molecule has 0 bridgehead atoms. The van der Waals surface area contributed by atoms with E-state index in [4.69, 9.17) is 10.7 Å². The van der Waals surface area contributed by atoms with Gasteiger partial charge in [-0.25, -0.2) is 4.99 Å². The molecule has 0 saturated carbocycles. The number of amidine groups is 1. The van der Waals surface area contributed by atoms with E-state index in [0.717, 1.165) is 27.6 Å². The van der Waals surface area contributed by atoms with Crippen molar-refractivity contribution in [3.8, 4) is 33.4 Å². The smallest absolute Gasteiger partial charge is 0.131 e. The van der Waals surface area contributed by atoms with Crippen LogP contribution in [0.1, 0.15) is 38.9 Å². The molecule has 2 nitrogen and oxygen atoms in total. The Labute approximate surface area is 369 Å². The summed E-state index contributed by atoms with van der Waals surface area (Å²) >= 11 is 0. The summed E-state index contributed by atoms with van der Waals surface area (Å²) < 4.78 is 0. The third kappa shape index (κ3) is 6.65. The molecule has 1 aliphatic rings. The maximum atomic E-state index is 6.84. The van der Waals surface area contributed by atoms with Crippen LogP contribution in [-0.4, -0.2) is 5.84 Å². The third-order valence-corrected chi connectivity index (χ3v) is 12.8. The van der Waals surface area contributed by atoms with E-state index in [0.29, 0.717) is 12.3 Å². The van der Waals surface area contributed by atoms with Crippen LogP contribution < -0.4 is 5.73 Å². The molecule has 298 valence electrons. The van der Waals surface area contributed by atoms with E-state index in [1.165, 1.54) is 72.0 Å². The van der Waals surface area contributed by atoms with Gasteiger partial charge in [0.15, 0.2) is 0 Å². The topological polar surface area (TPSA) is 38.4 Å². The first-order valence-electron chi connectivity index (χ1n) is 21.7. The largest absolute Gasteiger partial charge is 0.383 e. The van der Waals surface area contributed by atoms with E-state index in [9.17, 15) is 0 Å². The van der Waals surface area contributed by atoms with Gasteiger partial charge in [-0.3, -0.25) is 0 Å². The van der Waals surface area contributed by atoms with Crippen LogP contribution in [0.25, 0.3) is 60.6 Å². The van der Waals surface area contributed by atoms with E-state index in [-0.39, 0.29) is 0 Å². The molecule has 10 aromatic carbocycles. The van der Waals surface area contributed by atoms with E-state index in [1.54, 1.807) is 0 Å². The van der Waals surface area contributed by atoms with Crippen molar-refractivity contribution in [1.29, 1.82) is 0 Å². The zero-order valence-electron chi connectivity index (χ0n) is 34.8. The highest BCUT2D eigenvalue weighted by molar-refractivity contribution is 6.07. The molecule has 0 spiro atoms. The summed E-state index contributed by atoms with van der Waals surface area (Å²) in [5.74, 6) is 0.482. The fourth-order valence-electron chi connectivity index (χ4n) is 9.92. The minimum Gasteiger partial charge on any atom is -0.383 e. The van der Waals surface area contributed by atoms with Gasteiger partial charge in [-0.1, -0.05) is 237 Å². The predicted molar refractivity (Wildman–Crippen MR) is 265 cm³/mol. The van der Waals surface area contributed by atoms with Gasteiger partial charge >= 0.3 is 0 Å². The molecular weight excluding hydrogens is 761 g/mol. The lowest BCUT2D eigenvalue weighted by Gasteiger charge is -2.35. The Bertz CT molecular complexity index is 3310. The van der Waals surface area contributed by atoms with E-state index < -0.39 is 5.41 Å². The molecular formula is C61H44N2. The van der Waals surface area contributed by atoms with Crippen molar-refractivity contribution >= 4 is 33.1 Å². The third-order valence-electron chi connectivity index (χ3n) is 12.8. The van der Waals surface area contributed by atoms with Crippen LogP contribution in [0.5, 0.6) is 0 Å². The zero-order valence-corrected chi connectivity index (χ0v) is 34.8. The van der Waals surface area contributed by atoms with Crippen molar-refractivity contribution in [2.24, 2.45) is 10.7 Å². The lowest BCUT2D eigenvalue weighted by Crippen LogP contribution is -2.29. The first-order valence-corrected chi connectivity index (χ1v) is 21.7. The normalized spacial score (nSPS) is 13.2. The number of nitrogens with two attached hydrogens (primary N) is 1. The Morgan fingerprint density at radius 3 is 1.75 bits per heavy atom. The van der Waals surface area contributed by atoms with Crippen LogP contribution in [0.2, 0.25) is 0 Å². The molecule has 0 aliphatic heterocycles. The Balaban J connectivity index is 1.06. The lowest BCUT2D eigenvalue weighted by atomic mass is 9.66. The number of aliphatic imine (C=N–C) groups is 1. The summed E-state index contributed by atoms with van der Waals surface area (Å²) in [4.78, 5) is 5.22. The Morgan fingerprint density at radius 1 is 0.444 bits per heavy atom. The number of hydrogen-bond acceptors (Lipinski definition) is 1. The van der Waals surface area contributed by atoms with Crippen molar-refractivity contribution in [3.63, 3.8) is 0 Å². The molecule has 2 heteroatoms. The van der Waals surface area contributed by atoms with Gasteiger partial charge < -0.3 is 5.73 Å². The molecule has 2 N–H and O–H groups in total. The summed E-state index contributed by atoms with van der Waals surface area (Å²) in [6.07, 6.45) is 2.92. The Kier molecular flexibility index (Phi) is 9.67. The molecule has 1 aliphatic carbocycles. The molecule has 0 saturated heterocycles. The van der Waals surface area contributed by atoms with Gasteiger partial charge in [0, 0.05) is 11.1 Å². The van der Waals surface area contributed by atoms with Crippen molar-refractivity contribution in [2.75, 3.05) is 0 Å². The SMILES string of the molecule is NC(=N/C(=C\Cc1ccc(-c2ccc3ccccc3c2)cc1)c1ccc(-c2cccc3c2C(c2ccccc2)(c2ccccc2)c2ccccc2-3)c2ccccc12)c1ccccc1. The number of allylic oxidation sites excluding steroid dienone is 1. The number of hydrogen-bond donors (Lipinski definition) is 1. The van der Waals surface area contributed by atoms with Crippen LogP contribution in [0.3, 0.4) is 0 Å². The van der Waals surface area contributed by atoms with E-state index >= 15 is 0 Å². The summed E-state index contributed by atoms with van der Waals surface area (Å²) in [6.45, 7) is 0. The highest BCUT2D eigenvalue weighted by Crippen LogP contribution is 2.59. The van der Waals surface area contributed by atoms with Crippen molar-refractivity contribution in [2.45, 2.75) is 11.8 Å². The molecule has 0 heterocycles. The summed E-state index contributed by atoms with van der Waals surface area (Å²) in [6, 6.07) is 85.3. The quantitative estimate of drug-likeness (QED) is 0.115. The van der Waals surface area contributed by atoms with Crippen LogP contribution in [0, 0.1) is 0 Å². The second-order valence-electron chi connectivity index (χ2n) is 16.4. The van der Waals surface area contributed by atoms with Gasteiger partial charge in [-0.2, -0.15) is 0 Å². The molecule has 11 rings (SSSR count). The standard InChI is InChI=1S/C61H44N2/c62-60(45-18-4-1-5-19-45)63-58(40-33-42-31-34-44(35-32-42)47-37-36-43-17-10-11-20-46(43)41-47)54-39-38-52(50-25-12-13-26-51(50)54)55-28-16-29-56-53-27-14-15-30-57(53)61(59(55)56,48-21-6-2-7-22-48)49-23-8-3-9-24-49/h1-32,34-41H,33H2,(H2,62,63)/b58-40-. The first-order chi connectivity index (χ1) is 31.2. The van der Waals surface area contributed by atoms with E-state index in [1.807, 2.05) is 30.3 Å². The first kappa shape index (κ1) is 37.9. The van der Waals surface area contributed by atoms with Crippen molar-refractivity contribution < 1.29 is 0 Å². The summed E-state index contributed by atoms with van der Waals surface area (Å²) in [5.41, 5.74) is 22.7. The van der Waals surface area contributed by atoms with Gasteiger partial charge in [0.05, 0.1) is 11.1 Å². The molecule has 63 heavy (non-hydrogen) atoms. The average Bonchev–Trinajstić information content (AvgIpc) is 3.67. The molecule has 0 unspecified atom stereocenters. The van der Waals surface area contributed by atoms with Crippen molar-refractivity contribution in [3.05, 3.63) is 282 Å². The summed E-state index contributed by atoms with van der Waals surface area (Å²) in [5, 5.41) is 4.77. The lowest BCUT2D eigenvalue weighted by molar-refractivity contribution is 0.770. The van der Waals surface area contributed by atoms with Crippen LogP contribution in [0.4, 0.5) is 0 Å². The fraction of sp³-hybridized carbons (Fsp3) is 0.0328. The molecule has 10 aromatic rings. The summed E-state index contributed by atoms with van der Waals surface area (Å²) in [7, 11) is 0. The molecule has 0 radical (unpaired) electrons. The van der Waals surface area contributed by atoms with Crippen molar-refractivity contribution in [1.82, 2.24) is 0 Å².